The van der Waals surface area contributed by atoms with Crippen LogP contribution in [0.1, 0.15) is 24.1 Å². The Hall–Kier alpha value is -9.60. The zero-order valence-electron chi connectivity index (χ0n) is 41.5. The molecule has 9 heteroatoms. The number of allylic oxidation sites excluding steroid dienone is 6. The maximum atomic E-state index is 6.52. The van der Waals surface area contributed by atoms with Crippen molar-refractivity contribution in [3.8, 4) is 44.8 Å². The third kappa shape index (κ3) is 8.92. The number of hydrogen-bond donors (Lipinski definition) is 0. The van der Waals surface area contributed by atoms with Crippen molar-refractivity contribution >= 4 is 83.8 Å². The molecule has 0 atom stereocenters. The van der Waals surface area contributed by atoms with E-state index in [2.05, 4.69) is 195 Å². The highest BCUT2D eigenvalue weighted by molar-refractivity contribution is 6.12. The van der Waals surface area contributed by atoms with Crippen LogP contribution in [0.3, 0.4) is 0 Å². The van der Waals surface area contributed by atoms with Gasteiger partial charge in [-0.25, -0.2) is 0 Å². The minimum Gasteiger partial charge on any atom is -0.456 e. The van der Waals surface area contributed by atoms with Crippen molar-refractivity contribution in [2.75, 3.05) is 14.1 Å². The molecule has 0 saturated heterocycles. The highest BCUT2D eigenvalue weighted by Gasteiger charge is 2.20. The van der Waals surface area contributed by atoms with Gasteiger partial charge in [-0.2, -0.15) is 0 Å². The molecule has 0 radical (unpaired) electrons. The lowest BCUT2D eigenvalue weighted by molar-refractivity contribution is 0.669. The summed E-state index contributed by atoms with van der Waals surface area (Å²) in [5, 5.41) is 4.27. The summed E-state index contributed by atoms with van der Waals surface area (Å²) in [6.45, 7) is 8.86. The van der Waals surface area contributed by atoms with Crippen LogP contribution in [0.15, 0.2) is 228 Å². The van der Waals surface area contributed by atoms with Crippen LogP contribution >= 0.6 is 0 Å². The first-order valence-electron chi connectivity index (χ1n) is 24.6. The molecule has 7 aromatic heterocycles. The predicted octanol–water partition coefficient (Wildman–Crippen LogP) is 16.1. The molecule has 0 spiro atoms. The Labute approximate surface area is 429 Å². The zero-order valence-corrected chi connectivity index (χ0v) is 41.5. The fourth-order valence-corrected chi connectivity index (χ4v) is 9.97. The van der Waals surface area contributed by atoms with Crippen molar-refractivity contribution in [2.45, 2.75) is 19.8 Å². The summed E-state index contributed by atoms with van der Waals surface area (Å²) in [5.41, 5.74) is 20.0. The summed E-state index contributed by atoms with van der Waals surface area (Å²) in [6.07, 6.45) is 24.9. The molecule has 0 N–H and O–H groups in total. The first kappa shape index (κ1) is 46.8. The summed E-state index contributed by atoms with van der Waals surface area (Å²) in [6, 6.07) is 49.7. The van der Waals surface area contributed by atoms with Crippen LogP contribution in [0.4, 0.5) is 0 Å². The number of aromatic nitrogens is 6. The van der Waals surface area contributed by atoms with E-state index < -0.39 is 0 Å². The molecular formula is C65H52N8O. The summed E-state index contributed by atoms with van der Waals surface area (Å²) in [5.74, 6) is 0. The first-order valence-corrected chi connectivity index (χ1v) is 24.6. The predicted molar refractivity (Wildman–Crippen MR) is 310 cm³/mol. The lowest BCUT2D eigenvalue weighted by Gasteiger charge is -2.11. The Bertz CT molecular complexity index is 4210. The Morgan fingerprint density at radius 1 is 0.527 bits per heavy atom. The van der Waals surface area contributed by atoms with Crippen molar-refractivity contribution in [2.24, 2.45) is 9.98 Å². The smallest absolute Gasteiger partial charge is 0.135 e. The first-order chi connectivity index (χ1) is 36.4. The monoisotopic (exact) mass is 960 g/mol. The fraction of sp³-hybridized carbons (Fsp3) is 0.0769. The molecule has 0 unspecified atom stereocenters. The largest absolute Gasteiger partial charge is 0.456 e. The number of furan rings is 1. The Kier molecular flexibility index (Phi) is 13.0. The van der Waals surface area contributed by atoms with E-state index >= 15 is 0 Å². The van der Waals surface area contributed by atoms with Gasteiger partial charge in [0.05, 0.1) is 33.1 Å². The molecular weight excluding hydrogens is 909 g/mol. The van der Waals surface area contributed by atoms with Crippen molar-refractivity contribution in [3.63, 3.8) is 0 Å². The maximum absolute atomic E-state index is 6.52. The third-order valence-corrected chi connectivity index (χ3v) is 13.4. The van der Waals surface area contributed by atoms with Gasteiger partial charge in [-0.15, -0.1) is 0 Å². The topological polar surface area (TPSA) is 99.3 Å². The normalized spacial score (nSPS) is 12.4. The maximum Gasteiger partial charge on any atom is 0.135 e. The lowest BCUT2D eigenvalue weighted by atomic mass is 9.96. The molecule has 0 aliphatic heterocycles. The quantitative estimate of drug-likeness (QED) is 0.141. The van der Waals surface area contributed by atoms with Crippen molar-refractivity contribution in [1.29, 1.82) is 0 Å². The van der Waals surface area contributed by atoms with E-state index in [1.54, 1.807) is 38.7 Å². The molecule has 13 rings (SSSR count). The van der Waals surface area contributed by atoms with Crippen LogP contribution < -0.4 is 0 Å². The van der Waals surface area contributed by atoms with Gasteiger partial charge in [-0.1, -0.05) is 86.0 Å². The van der Waals surface area contributed by atoms with E-state index in [-0.39, 0.29) is 0 Å². The number of benzene rings is 5. The van der Waals surface area contributed by atoms with Gasteiger partial charge in [0.25, 0.3) is 0 Å². The molecule has 74 heavy (non-hydrogen) atoms. The zero-order chi connectivity index (χ0) is 50.5. The minimum atomic E-state index is 0.836. The average Bonchev–Trinajstić information content (AvgIpc) is 4.11. The number of fused-ring (bicyclic) bond motifs is 9. The second-order valence-corrected chi connectivity index (χ2v) is 18.0. The SMILES string of the molecule is C=CC=NC.C=CC=NC.Cc1ccc2c(n1)c1cc(-c3cncc(C4=CC=CCC4)c3)ccc1n2-c1ccc2oc3ccc(-n4c5ccc(-c6cncc(-c7ccccc7)c6)cc5c5ncccc54)cc3c2c1. The second-order valence-electron chi connectivity index (χ2n) is 18.0. The Morgan fingerprint density at radius 2 is 1.09 bits per heavy atom. The van der Waals surface area contributed by atoms with E-state index in [1.807, 2.05) is 43.1 Å². The van der Waals surface area contributed by atoms with Crippen molar-refractivity contribution in [3.05, 3.63) is 225 Å². The lowest BCUT2D eigenvalue weighted by Crippen LogP contribution is -1.95. The Morgan fingerprint density at radius 3 is 1.68 bits per heavy atom. The van der Waals surface area contributed by atoms with Crippen LogP contribution in [-0.4, -0.2) is 55.6 Å². The van der Waals surface area contributed by atoms with Gasteiger partial charge < -0.3 is 13.6 Å². The number of rotatable bonds is 8. The molecule has 0 saturated carbocycles. The summed E-state index contributed by atoms with van der Waals surface area (Å²) in [7, 11) is 3.42. The van der Waals surface area contributed by atoms with Gasteiger partial charge in [0.1, 0.15) is 11.2 Å². The number of aliphatic imine (C=N–C) groups is 2. The van der Waals surface area contributed by atoms with E-state index in [9.17, 15) is 0 Å². The summed E-state index contributed by atoms with van der Waals surface area (Å²) >= 11 is 0. The fourth-order valence-electron chi connectivity index (χ4n) is 9.97. The number of pyridine rings is 4. The van der Waals surface area contributed by atoms with E-state index in [0.717, 1.165) is 129 Å². The van der Waals surface area contributed by atoms with Gasteiger partial charge in [-0.05, 0) is 145 Å². The molecule has 0 bridgehead atoms. The summed E-state index contributed by atoms with van der Waals surface area (Å²) in [4.78, 5) is 26.6. The molecule has 0 fully saturated rings. The second kappa shape index (κ2) is 20.6. The highest BCUT2D eigenvalue weighted by atomic mass is 16.3. The van der Waals surface area contributed by atoms with Gasteiger partial charge in [-0.3, -0.25) is 29.9 Å². The number of nitrogens with zero attached hydrogens (tertiary/aromatic N) is 8. The van der Waals surface area contributed by atoms with Crippen LogP contribution in [-0.2, 0) is 0 Å². The molecule has 9 nitrogen and oxygen atoms in total. The van der Waals surface area contributed by atoms with E-state index in [4.69, 9.17) is 14.4 Å². The van der Waals surface area contributed by atoms with Gasteiger partial charge in [0.15, 0.2) is 0 Å². The van der Waals surface area contributed by atoms with E-state index in [0.29, 0.717) is 0 Å². The third-order valence-electron chi connectivity index (χ3n) is 13.4. The van der Waals surface area contributed by atoms with Gasteiger partial charge in [0.2, 0.25) is 0 Å². The minimum absolute atomic E-state index is 0.836. The summed E-state index contributed by atoms with van der Waals surface area (Å²) < 4.78 is 11.2. The van der Waals surface area contributed by atoms with Gasteiger partial charge >= 0.3 is 0 Å². The van der Waals surface area contributed by atoms with Crippen LogP contribution in [0.5, 0.6) is 0 Å². The molecule has 358 valence electrons. The van der Waals surface area contributed by atoms with Gasteiger partial charge in [0, 0.05) is 113 Å². The molecule has 1 aliphatic carbocycles. The molecule has 5 aromatic carbocycles. The van der Waals surface area contributed by atoms with Crippen molar-refractivity contribution in [1.82, 2.24) is 29.1 Å². The Balaban J connectivity index is 0.000000540. The number of hydrogen-bond acceptors (Lipinski definition) is 7. The highest BCUT2D eigenvalue weighted by Crippen LogP contribution is 2.40. The average molecular weight is 961 g/mol. The van der Waals surface area contributed by atoms with Crippen LogP contribution in [0.2, 0.25) is 0 Å². The van der Waals surface area contributed by atoms with Crippen molar-refractivity contribution < 1.29 is 4.42 Å². The van der Waals surface area contributed by atoms with E-state index in [1.165, 1.54) is 11.1 Å². The molecule has 1 aliphatic rings. The van der Waals surface area contributed by atoms with Crippen LogP contribution in [0.25, 0.3) is 116 Å². The number of aryl methyl sites for hydroxylation is 1. The molecule has 7 heterocycles. The van der Waals surface area contributed by atoms with Crippen LogP contribution in [0, 0.1) is 6.92 Å². The molecule has 0 amide bonds. The standard InChI is InChI=1S/C57H38N6O.2C4H7N/c1-35-14-19-53-57(61-35)49-28-39(43-26-41(32-59-34-43)37-11-6-3-7-12-37)16-21-51(49)63(53)45-18-23-55-47(30-45)46-29-44(17-22-54(46)64-55)62-50-20-15-38(27-48(50)56-52(62)13-8-24-60-56)42-25-40(31-58-33-42)36-9-4-2-5-10-36;2*1-3-4-5-2/h2-6,8-11,13-34H,7,12H2,1H3;2*3-4H,1H2,2H3. The molecule has 12 aromatic rings.